The predicted octanol–water partition coefficient (Wildman–Crippen LogP) is 3.53. The van der Waals surface area contributed by atoms with Crippen LogP contribution in [0.5, 0.6) is 0 Å². The maximum atomic E-state index is 4.41. The molecular formula is C16H22N4. The van der Waals surface area contributed by atoms with Crippen LogP contribution in [0.3, 0.4) is 0 Å². The summed E-state index contributed by atoms with van der Waals surface area (Å²) in [5, 5.41) is 6.64. The fraction of sp³-hybridized carbons (Fsp3) is 0.375. The fourth-order valence-electron chi connectivity index (χ4n) is 1.90. The van der Waals surface area contributed by atoms with Crippen LogP contribution >= 0.6 is 0 Å². The first-order valence-electron chi connectivity index (χ1n) is 7.06. The van der Waals surface area contributed by atoms with Gasteiger partial charge in [0, 0.05) is 19.2 Å². The molecule has 20 heavy (non-hydrogen) atoms. The molecule has 0 atom stereocenters. The van der Waals surface area contributed by atoms with Crippen molar-refractivity contribution in [3.8, 4) is 0 Å². The van der Waals surface area contributed by atoms with Crippen LogP contribution < -0.4 is 10.6 Å². The SMILES string of the molecule is CCCNc1cc(NCc2ccc(C)cc2)nc(C)n1. The Kier molecular flexibility index (Phi) is 4.93. The predicted molar refractivity (Wildman–Crippen MR) is 84.1 cm³/mol. The number of aryl methyl sites for hydroxylation is 2. The number of hydrogen-bond acceptors (Lipinski definition) is 4. The van der Waals surface area contributed by atoms with E-state index in [1.165, 1.54) is 11.1 Å². The number of benzene rings is 1. The smallest absolute Gasteiger partial charge is 0.132 e. The van der Waals surface area contributed by atoms with Crippen molar-refractivity contribution in [2.75, 3.05) is 17.2 Å². The van der Waals surface area contributed by atoms with Crippen molar-refractivity contribution in [2.24, 2.45) is 0 Å². The van der Waals surface area contributed by atoms with E-state index in [1.54, 1.807) is 0 Å². The molecule has 0 saturated carbocycles. The van der Waals surface area contributed by atoms with Crippen LogP contribution in [-0.2, 0) is 6.54 Å². The van der Waals surface area contributed by atoms with Crippen LogP contribution in [-0.4, -0.2) is 16.5 Å². The molecule has 1 aromatic heterocycles. The fourth-order valence-corrected chi connectivity index (χ4v) is 1.90. The summed E-state index contributed by atoms with van der Waals surface area (Å²) in [6.45, 7) is 7.83. The highest BCUT2D eigenvalue weighted by atomic mass is 15.1. The molecule has 4 heteroatoms. The summed E-state index contributed by atoms with van der Waals surface area (Å²) in [4.78, 5) is 8.79. The second-order valence-electron chi connectivity index (χ2n) is 4.95. The van der Waals surface area contributed by atoms with Gasteiger partial charge in [-0.15, -0.1) is 0 Å². The van der Waals surface area contributed by atoms with Crippen molar-refractivity contribution in [3.63, 3.8) is 0 Å². The van der Waals surface area contributed by atoms with Crippen molar-refractivity contribution >= 4 is 11.6 Å². The Hall–Kier alpha value is -2.10. The van der Waals surface area contributed by atoms with Gasteiger partial charge < -0.3 is 10.6 Å². The second kappa shape index (κ2) is 6.89. The number of nitrogens with zero attached hydrogens (tertiary/aromatic N) is 2. The van der Waals surface area contributed by atoms with Gasteiger partial charge in [0.25, 0.3) is 0 Å². The molecule has 0 aliphatic carbocycles. The van der Waals surface area contributed by atoms with E-state index in [0.717, 1.165) is 37.0 Å². The van der Waals surface area contributed by atoms with E-state index in [0.29, 0.717) is 0 Å². The van der Waals surface area contributed by atoms with E-state index in [2.05, 4.69) is 58.7 Å². The summed E-state index contributed by atoms with van der Waals surface area (Å²) < 4.78 is 0. The Balaban J connectivity index is 2.01. The van der Waals surface area contributed by atoms with E-state index in [9.17, 15) is 0 Å². The van der Waals surface area contributed by atoms with E-state index in [1.807, 2.05) is 13.0 Å². The molecule has 0 radical (unpaired) electrons. The van der Waals surface area contributed by atoms with Crippen molar-refractivity contribution in [1.29, 1.82) is 0 Å². The highest BCUT2D eigenvalue weighted by Gasteiger charge is 2.01. The molecule has 1 aromatic carbocycles. The third-order valence-corrected chi connectivity index (χ3v) is 2.99. The highest BCUT2D eigenvalue weighted by Crippen LogP contribution is 2.13. The van der Waals surface area contributed by atoms with Gasteiger partial charge in [0.05, 0.1) is 0 Å². The van der Waals surface area contributed by atoms with Gasteiger partial charge in [-0.1, -0.05) is 36.8 Å². The Morgan fingerprint density at radius 1 is 0.950 bits per heavy atom. The lowest BCUT2D eigenvalue weighted by Gasteiger charge is -2.10. The number of aromatic nitrogens is 2. The first-order chi connectivity index (χ1) is 9.67. The lowest BCUT2D eigenvalue weighted by Crippen LogP contribution is -2.07. The monoisotopic (exact) mass is 270 g/mol. The van der Waals surface area contributed by atoms with Gasteiger partial charge in [-0.3, -0.25) is 0 Å². The van der Waals surface area contributed by atoms with Crippen LogP contribution in [0.25, 0.3) is 0 Å². The van der Waals surface area contributed by atoms with E-state index in [-0.39, 0.29) is 0 Å². The molecule has 0 amide bonds. The van der Waals surface area contributed by atoms with Crippen molar-refractivity contribution in [2.45, 2.75) is 33.7 Å². The van der Waals surface area contributed by atoms with Gasteiger partial charge in [-0.25, -0.2) is 9.97 Å². The van der Waals surface area contributed by atoms with Crippen molar-refractivity contribution < 1.29 is 0 Å². The molecule has 0 unspecified atom stereocenters. The van der Waals surface area contributed by atoms with Crippen LogP contribution in [0.1, 0.15) is 30.3 Å². The van der Waals surface area contributed by atoms with Crippen LogP contribution in [0, 0.1) is 13.8 Å². The van der Waals surface area contributed by atoms with Gasteiger partial charge in [0.2, 0.25) is 0 Å². The van der Waals surface area contributed by atoms with Crippen molar-refractivity contribution in [3.05, 3.63) is 47.3 Å². The summed E-state index contributed by atoms with van der Waals surface area (Å²) in [5.41, 5.74) is 2.52. The topological polar surface area (TPSA) is 49.8 Å². The molecule has 4 nitrogen and oxygen atoms in total. The molecule has 1 heterocycles. The minimum Gasteiger partial charge on any atom is -0.370 e. The molecule has 106 valence electrons. The lowest BCUT2D eigenvalue weighted by molar-refractivity contribution is 0.951. The Labute approximate surface area is 120 Å². The van der Waals surface area contributed by atoms with Gasteiger partial charge in [-0.2, -0.15) is 0 Å². The highest BCUT2D eigenvalue weighted by molar-refractivity contribution is 5.47. The number of rotatable bonds is 6. The summed E-state index contributed by atoms with van der Waals surface area (Å²) in [6.07, 6.45) is 1.08. The van der Waals surface area contributed by atoms with E-state index < -0.39 is 0 Å². The zero-order valence-electron chi connectivity index (χ0n) is 12.4. The van der Waals surface area contributed by atoms with Crippen LogP contribution in [0.4, 0.5) is 11.6 Å². The number of anilines is 2. The first-order valence-corrected chi connectivity index (χ1v) is 7.06. The Morgan fingerprint density at radius 3 is 2.25 bits per heavy atom. The van der Waals surface area contributed by atoms with Crippen LogP contribution in [0.15, 0.2) is 30.3 Å². The third kappa shape index (κ3) is 4.23. The Bertz CT molecular complexity index is 549. The summed E-state index contributed by atoms with van der Waals surface area (Å²) in [6, 6.07) is 10.5. The second-order valence-corrected chi connectivity index (χ2v) is 4.95. The zero-order valence-corrected chi connectivity index (χ0v) is 12.4. The number of nitrogens with one attached hydrogen (secondary N) is 2. The van der Waals surface area contributed by atoms with Crippen molar-refractivity contribution in [1.82, 2.24) is 9.97 Å². The average Bonchev–Trinajstić information content (AvgIpc) is 2.44. The lowest BCUT2D eigenvalue weighted by atomic mass is 10.1. The normalized spacial score (nSPS) is 10.3. The molecule has 0 bridgehead atoms. The summed E-state index contributed by atoms with van der Waals surface area (Å²) >= 11 is 0. The molecule has 2 N–H and O–H groups in total. The first kappa shape index (κ1) is 14.3. The molecule has 0 aliphatic heterocycles. The maximum absolute atomic E-state index is 4.41. The molecule has 0 aliphatic rings. The molecule has 0 saturated heterocycles. The molecule has 0 spiro atoms. The standard InChI is InChI=1S/C16H22N4/c1-4-9-17-15-10-16(20-13(3)19-15)18-11-14-7-5-12(2)6-8-14/h5-8,10H,4,9,11H2,1-3H3,(H2,17,18,19,20). The summed E-state index contributed by atoms with van der Waals surface area (Å²) in [5.74, 6) is 2.51. The summed E-state index contributed by atoms with van der Waals surface area (Å²) in [7, 11) is 0. The van der Waals surface area contributed by atoms with Gasteiger partial charge >= 0.3 is 0 Å². The minimum atomic E-state index is 0.768. The average molecular weight is 270 g/mol. The largest absolute Gasteiger partial charge is 0.370 e. The zero-order chi connectivity index (χ0) is 14.4. The molecule has 0 fully saturated rings. The molecule has 2 aromatic rings. The number of hydrogen-bond donors (Lipinski definition) is 2. The molecular weight excluding hydrogens is 248 g/mol. The molecule has 2 rings (SSSR count). The maximum Gasteiger partial charge on any atom is 0.132 e. The van der Waals surface area contributed by atoms with Crippen LogP contribution in [0.2, 0.25) is 0 Å². The Morgan fingerprint density at radius 2 is 1.60 bits per heavy atom. The van der Waals surface area contributed by atoms with Gasteiger partial charge in [-0.05, 0) is 25.8 Å². The van der Waals surface area contributed by atoms with Gasteiger partial charge in [0.15, 0.2) is 0 Å². The van der Waals surface area contributed by atoms with E-state index >= 15 is 0 Å². The van der Waals surface area contributed by atoms with Gasteiger partial charge in [0.1, 0.15) is 17.5 Å². The minimum absolute atomic E-state index is 0.768. The third-order valence-electron chi connectivity index (χ3n) is 2.99. The van der Waals surface area contributed by atoms with E-state index in [4.69, 9.17) is 0 Å². The quantitative estimate of drug-likeness (QED) is 0.843.